The summed E-state index contributed by atoms with van der Waals surface area (Å²) in [5.74, 6) is 0.329. The Kier molecular flexibility index (Phi) is 5.90. The van der Waals surface area contributed by atoms with Crippen LogP contribution in [0.2, 0.25) is 0 Å². The van der Waals surface area contributed by atoms with Crippen LogP contribution >= 0.6 is 0 Å². The van der Waals surface area contributed by atoms with Gasteiger partial charge in [0.05, 0.1) is 18.2 Å². The first kappa shape index (κ1) is 22.6. The third-order valence-electron chi connectivity index (χ3n) is 6.96. The monoisotopic (exact) mass is 462 g/mol. The van der Waals surface area contributed by atoms with E-state index < -0.39 is 6.10 Å². The van der Waals surface area contributed by atoms with Gasteiger partial charge in [-0.3, -0.25) is 4.79 Å². The Morgan fingerprint density at radius 2 is 2.00 bits per heavy atom. The van der Waals surface area contributed by atoms with Crippen LogP contribution in [0.5, 0.6) is 0 Å². The molecule has 34 heavy (non-hydrogen) atoms. The van der Waals surface area contributed by atoms with Crippen LogP contribution in [0.25, 0.3) is 27.8 Å². The molecule has 7 heteroatoms. The van der Waals surface area contributed by atoms with Gasteiger partial charge in [-0.15, -0.1) is 0 Å². The molecule has 5 rings (SSSR count). The van der Waals surface area contributed by atoms with Crippen molar-refractivity contribution in [1.29, 1.82) is 0 Å². The molecule has 0 radical (unpaired) electrons. The Labute approximate surface area is 198 Å². The van der Waals surface area contributed by atoms with Gasteiger partial charge >= 0.3 is 0 Å². The lowest BCUT2D eigenvalue weighted by atomic mass is 9.87. The number of amides is 1. The number of piperidine rings is 1. The molecule has 6 nitrogen and oxygen atoms in total. The Bertz CT molecular complexity index is 1350. The topological polar surface area (TPSA) is 73.6 Å². The highest BCUT2D eigenvalue weighted by Crippen LogP contribution is 2.38. The number of pyridine rings is 1. The molecule has 1 aromatic carbocycles. The standard InChI is InChI=1S/C27H31FN4O2/c1-16(2)25-21-13-19(18-6-9-31(10-7-18)24(34)12-17(3)33)4-5-23(21)30-26(25)20-14-22(28)27-29-8-11-32(27)15-20/h4-5,8,11,13-18,30,33H,6-7,9-10,12H2,1-3H3/t17-/m1/s1. The molecule has 0 spiro atoms. The van der Waals surface area contributed by atoms with Gasteiger partial charge in [0.25, 0.3) is 0 Å². The summed E-state index contributed by atoms with van der Waals surface area (Å²) in [4.78, 5) is 21.8. The van der Waals surface area contributed by atoms with Gasteiger partial charge in [-0.1, -0.05) is 19.9 Å². The number of aromatic nitrogens is 3. The molecule has 3 aromatic heterocycles. The van der Waals surface area contributed by atoms with Gasteiger partial charge in [0.15, 0.2) is 11.5 Å². The van der Waals surface area contributed by atoms with E-state index in [4.69, 9.17) is 0 Å². The number of aliphatic hydroxyl groups is 1. The summed E-state index contributed by atoms with van der Waals surface area (Å²) in [6, 6.07) is 8.12. The van der Waals surface area contributed by atoms with E-state index in [9.17, 15) is 14.3 Å². The molecule has 1 aliphatic heterocycles. The molecular formula is C27H31FN4O2. The van der Waals surface area contributed by atoms with Crippen molar-refractivity contribution in [2.75, 3.05) is 13.1 Å². The van der Waals surface area contributed by atoms with E-state index in [0.29, 0.717) is 24.7 Å². The first-order chi connectivity index (χ1) is 16.3. The fourth-order valence-electron chi connectivity index (χ4n) is 5.28. The van der Waals surface area contributed by atoms with Gasteiger partial charge < -0.3 is 19.4 Å². The van der Waals surface area contributed by atoms with Gasteiger partial charge in [-0.25, -0.2) is 9.37 Å². The smallest absolute Gasteiger partial charge is 0.225 e. The van der Waals surface area contributed by atoms with Crippen molar-refractivity contribution >= 4 is 22.5 Å². The molecule has 0 aliphatic carbocycles. The quantitative estimate of drug-likeness (QED) is 0.427. The van der Waals surface area contributed by atoms with Crippen LogP contribution in [0.15, 0.2) is 42.9 Å². The number of carbonyl (C=O) groups is 1. The van der Waals surface area contributed by atoms with Crippen LogP contribution in [0, 0.1) is 5.82 Å². The third kappa shape index (κ3) is 4.09. The number of fused-ring (bicyclic) bond motifs is 2. The average Bonchev–Trinajstić information content (AvgIpc) is 3.43. The molecule has 1 amide bonds. The van der Waals surface area contributed by atoms with Crippen molar-refractivity contribution in [1.82, 2.24) is 19.3 Å². The van der Waals surface area contributed by atoms with E-state index >= 15 is 0 Å². The number of hydrogen-bond donors (Lipinski definition) is 2. The van der Waals surface area contributed by atoms with E-state index in [0.717, 1.165) is 29.6 Å². The van der Waals surface area contributed by atoms with Gasteiger partial charge in [0, 0.05) is 48.1 Å². The molecule has 2 N–H and O–H groups in total. The summed E-state index contributed by atoms with van der Waals surface area (Å²) in [6.45, 7) is 7.41. The molecule has 1 saturated heterocycles. The van der Waals surface area contributed by atoms with Crippen molar-refractivity contribution in [3.8, 4) is 11.3 Å². The highest BCUT2D eigenvalue weighted by atomic mass is 19.1. The molecule has 4 aromatic rings. The van der Waals surface area contributed by atoms with E-state index in [1.54, 1.807) is 29.8 Å². The first-order valence-corrected chi connectivity index (χ1v) is 12.1. The molecule has 178 valence electrons. The van der Waals surface area contributed by atoms with Crippen molar-refractivity contribution in [3.05, 3.63) is 59.8 Å². The lowest BCUT2D eigenvalue weighted by Crippen LogP contribution is -2.39. The minimum atomic E-state index is -0.604. The lowest BCUT2D eigenvalue weighted by molar-refractivity contribution is -0.134. The number of imidazole rings is 1. The molecule has 1 fully saturated rings. The molecule has 0 unspecified atom stereocenters. The van der Waals surface area contributed by atoms with E-state index in [2.05, 4.69) is 42.0 Å². The molecule has 1 aliphatic rings. The zero-order chi connectivity index (χ0) is 24.0. The van der Waals surface area contributed by atoms with Crippen LogP contribution in [0.4, 0.5) is 4.39 Å². The second-order valence-electron chi connectivity index (χ2n) is 9.82. The summed E-state index contributed by atoms with van der Waals surface area (Å²) in [5.41, 5.74) is 5.56. The Balaban J connectivity index is 1.47. The Morgan fingerprint density at radius 3 is 2.71 bits per heavy atom. The third-order valence-corrected chi connectivity index (χ3v) is 6.96. The number of aromatic amines is 1. The zero-order valence-electron chi connectivity index (χ0n) is 19.9. The van der Waals surface area contributed by atoms with E-state index in [-0.39, 0.29) is 24.1 Å². The van der Waals surface area contributed by atoms with Crippen LogP contribution in [-0.2, 0) is 4.79 Å². The highest BCUT2D eigenvalue weighted by Gasteiger charge is 2.25. The predicted molar refractivity (Wildman–Crippen MR) is 131 cm³/mol. The number of benzene rings is 1. The largest absolute Gasteiger partial charge is 0.393 e. The van der Waals surface area contributed by atoms with Crippen molar-refractivity contribution in [3.63, 3.8) is 0 Å². The SMILES string of the molecule is CC(C)c1c(-c2cc(F)c3nccn3c2)[nH]c2ccc(C3CCN(C(=O)C[C@@H](C)O)CC3)cc12. The van der Waals surface area contributed by atoms with Crippen molar-refractivity contribution in [2.45, 2.75) is 58.0 Å². The summed E-state index contributed by atoms with van der Waals surface area (Å²) in [6.07, 6.45) is 6.69. The average molecular weight is 463 g/mol. The number of halogens is 1. The van der Waals surface area contributed by atoms with Crippen molar-refractivity contribution in [2.24, 2.45) is 0 Å². The number of H-pyrrole nitrogens is 1. The minimum Gasteiger partial charge on any atom is -0.393 e. The Morgan fingerprint density at radius 1 is 1.24 bits per heavy atom. The fourth-order valence-corrected chi connectivity index (χ4v) is 5.28. The van der Waals surface area contributed by atoms with Gasteiger partial charge in [0.1, 0.15) is 0 Å². The summed E-state index contributed by atoms with van der Waals surface area (Å²) in [7, 11) is 0. The summed E-state index contributed by atoms with van der Waals surface area (Å²) in [5, 5.41) is 10.7. The van der Waals surface area contributed by atoms with Crippen LogP contribution in [0.1, 0.15) is 63.0 Å². The van der Waals surface area contributed by atoms with Crippen LogP contribution in [-0.4, -0.2) is 49.5 Å². The van der Waals surface area contributed by atoms with E-state index in [1.807, 2.05) is 11.1 Å². The fraction of sp³-hybridized carbons (Fsp3) is 0.407. The molecule has 1 atom stereocenters. The molecule has 0 bridgehead atoms. The first-order valence-electron chi connectivity index (χ1n) is 12.1. The second kappa shape index (κ2) is 8.87. The number of likely N-dealkylation sites (tertiary alicyclic amines) is 1. The van der Waals surface area contributed by atoms with Gasteiger partial charge in [-0.05, 0) is 60.9 Å². The number of hydrogen-bond acceptors (Lipinski definition) is 3. The molecular weight excluding hydrogens is 431 g/mol. The van der Waals surface area contributed by atoms with Gasteiger partial charge in [-0.2, -0.15) is 0 Å². The minimum absolute atomic E-state index is 0.0309. The van der Waals surface area contributed by atoms with Gasteiger partial charge in [0.2, 0.25) is 5.91 Å². The number of aliphatic hydroxyl groups excluding tert-OH is 1. The molecule has 4 heterocycles. The highest BCUT2D eigenvalue weighted by molar-refractivity contribution is 5.92. The summed E-state index contributed by atoms with van der Waals surface area (Å²) >= 11 is 0. The number of nitrogens with one attached hydrogen (secondary N) is 1. The Hall–Kier alpha value is -3.19. The van der Waals surface area contributed by atoms with E-state index in [1.165, 1.54) is 16.5 Å². The zero-order valence-corrected chi connectivity index (χ0v) is 19.9. The second-order valence-corrected chi connectivity index (χ2v) is 9.82. The normalized spacial score (nSPS) is 16.1. The summed E-state index contributed by atoms with van der Waals surface area (Å²) < 4.78 is 16.4. The maximum absolute atomic E-state index is 14.7. The van der Waals surface area contributed by atoms with Crippen molar-refractivity contribution < 1.29 is 14.3 Å². The number of rotatable bonds is 5. The van der Waals surface area contributed by atoms with Crippen LogP contribution in [0.3, 0.4) is 0 Å². The number of nitrogens with zero attached hydrogens (tertiary/aromatic N) is 3. The predicted octanol–water partition coefficient (Wildman–Crippen LogP) is 5.22. The van der Waals surface area contributed by atoms with Crippen LogP contribution < -0.4 is 0 Å². The molecule has 0 saturated carbocycles. The maximum Gasteiger partial charge on any atom is 0.225 e. The lowest BCUT2D eigenvalue weighted by Gasteiger charge is -2.32. The number of carbonyl (C=O) groups excluding carboxylic acids is 1. The maximum atomic E-state index is 14.7.